The fraction of sp³-hybridized carbons (Fsp3) is 0.524. The zero-order chi connectivity index (χ0) is 19.2. The Morgan fingerprint density at radius 3 is 2.63 bits per heavy atom. The lowest BCUT2D eigenvalue weighted by Gasteiger charge is -2.24. The van der Waals surface area contributed by atoms with Crippen LogP contribution in [0.5, 0.6) is 0 Å². The van der Waals surface area contributed by atoms with E-state index in [1.807, 2.05) is 29.5 Å². The Bertz CT molecular complexity index is 923. The molecule has 1 N–H and O–H groups in total. The molecule has 2 atom stereocenters. The van der Waals surface area contributed by atoms with Crippen LogP contribution in [0.25, 0.3) is 0 Å². The molecule has 0 bridgehead atoms. The molecule has 0 spiro atoms. The van der Waals surface area contributed by atoms with Gasteiger partial charge in [-0.1, -0.05) is 19.1 Å². The van der Waals surface area contributed by atoms with Gasteiger partial charge in [-0.05, 0) is 72.9 Å². The van der Waals surface area contributed by atoms with E-state index in [0.29, 0.717) is 17.5 Å². The summed E-state index contributed by atoms with van der Waals surface area (Å²) in [7, 11) is -3.24. The van der Waals surface area contributed by atoms with Gasteiger partial charge in [0.15, 0.2) is 0 Å². The molecular weight excluding hydrogens is 376 g/mol. The summed E-state index contributed by atoms with van der Waals surface area (Å²) in [6.45, 7) is 8.04. The van der Waals surface area contributed by atoms with Gasteiger partial charge in [0, 0.05) is 29.1 Å². The van der Waals surface area contributed by atoms with Gasteiger partial charge >= 0.3 is 0 Å². The average Bonchev–Trinajstić information content (AvgIpc) is 2.97. The molecule has 2 fully saturated rings. The third-order valence-electron chi connectivity index (χ3n) is 6.46. The number of hydrogen-bond acceptors (Lipinski definition) is 4. The molecule has 27 heavy (non-hydrogen) atoms. The second-order valence-corrected chi connectivity index (χ2v) is 11.1. The lowest BCUT2D eigenvalue weighted by atomic mass is 9.92. The van der Waals surface area contributed by atoms with Crippen molar-refractivity contribution in [2.45, 2.75) is 32.1 Å². The Balaban J connectivity index is 1.33. The number of benzene rings is 1. The maximum atomic E-state index is 11.5. The average molecular weight is 405 g/mol. The van der Waals surface area contributed by atoms with Gasteiger partial charge in [-0.3, -0.25) is 4.72 Å². The molecule has 1 aliphatic heterocycles. The van der Waals surface area contributed by atoms with Crippen LogP contribution in [0.4, 0.5) is 5.69 Å². The number of nitrogens with zero attached hydrogens (tertiary/aromatic N) is 1. The van der Waals surface area contributed by atoms with Crippen LogP contribution in [0.15, 0.2) is 35.7 Å². The quantitative estimate of drug-likeness (QED) is 0.762. The van der Waals surface area contributed by atoms with E-state index in [2.05, 4.69) is 41.0 Å². The van der Waals surface area contributed by atoms with E-state index < -0.39 is 10.0 Å². The maximum Gasteiger partial charge on any atom is 0.229 e. The smallest absolute Gasteiger partial charge is 0.229 e. The molecule has 0 amide bonds. The van der Waals surface area contributed by atoms with Crippen molar-refractivity contribution in [3.8, 4) is 0 Å². The first-order chi connectivity index (χ1) is 12.8. The Morgan fingerprint density at radius 1 is 1.26 bits per heavy atom. The van der Waals surface area contributed by atoms with Crippen LogP contribution in [0.3, 0.4) is 0 Å². The van der Waals surface area contributed by atoms with Gasteiger partial charge in [0.25, 0.3) is 0 Å². The van der Waals surface area contributed by atoms with E-state index in [9.17, 15) is 8.42 Å². The summed E-state index contributed by atoms with van der Waals surface area (Å²) >= 11 is 1.88. The number of rotatable bonds is 7. The molecule has 4 rings (SSSR count). The first-order valence-electron chi connectivity index (χ1n) is 9.61. The highest BCUT2D eigenvalue weighted by Crippen LogP contribution is 2.63. The van der Waals surface area contributed by atoms with Gasteiger partial charge in [-0.25, -0.2) is 8.42 Å². The highest BCUT2D eigenvalue weighted by Gasteiger charge is 2.65. The van der Waals surface area contributed by atoms with Gasteiger partial charge in [-0.15, -0.1) is 11.3 Å². The summed E-state index contributed by atoms with van der Waals surface area (Å²) in [5.74, 6) is 1.38. The number of hydrogen-bond donors (Lipinski definition) is 1. The number of fused-ring (bicyclic) bond motifs is 1. The molecule has 1 aromatic carbocycles. The van der Waals surface area contributed by atoms with E-state index in [1.54, 1.807) is 0 Å². The van der Waals surface area contributed by atoms with Gasteiger partial charge in [0.2, 0.25) is 10.0 Å². The normalized spacial score (nSPS) is 27.5. The topological polar surface area (TPSA) is 49.4 Å². The Hall–Kier alpha value is -1.37. The number of aryl methyl sites for hydroxylation is 2. The maximum absolute atomic E-state index is 11.5. The van der Waals surface area contributed by atoms with Crippen molar-refractivity contribution in [2.75, 3.05) is 30.6 Å². The third kappa shape index (κ3) is 3.80. The summed E-state index contributed by atoms with van der Waals surface area (Å²) in [6.07, 6.45) is 3.61. The Morgan fingerprint density at radius 2 is 2.00 bits per heavy atom. The van der Waals surface area contributed by atoms with Crippen LogP contribution in [0.1, 0.15) is 29.3 Å². The number of nitrogens with one attached hydrogen (secondary N) is 1. The van der Waals surface area contributed by atoms with Crippen molar-refractivity contribution in [2.24, 2.45) is 11.8 Å². The Kier molecular flexibility index (Phi) is 4.85. The molecule has 2 aromatic rings. The number of sulfonamides is 1. The van der Waals surface area contributed by atoms with E-state index >= 15 is 0 Å². The van der Waals surface area contributed by atoms with Crippen LogP contribution < -0.4 is 4.72 Å². The minimum Gasteiger partial charge on any atom is -0.303 e. The highest BCUT2D eigenvalue weighted by molar-refractivity contribution is 7.92. The van der Waals surface area contributed by atoms with Crippen molar-refractivity contribution in [1.82, 2.24) is 4.90 Å². The SMILES string of the molecule is Cc1ccsc1CCCN1CC2C(C1)C2(C)c1cccc(NS(C)(=O)=O)c1. The molecule has 2 heterocycles. The van der Waals surface area contributed by atoms with Crippen LogP contribution in [0.2, 0.25) is 0 Å². The highest BCUT2D eigenvalue weighted by atomic mass is 32.2. The second-order valence-electron chi connectivity index (χ2n) is 8.34. The van der Waals surface area contributed by atoms with E-state index in [0.717, 1.165) is 13.1 Å². The van der Waals surface area contributed by atoms with Crippen LogP contribution in [-0.2, 0) is 21.9 Å². The zero-order valence-corrected chi connectivity index (χ0v) is 17.9. The van der Waals surface area contributed by atoms with Gasteiger partial charge < -0.3 is 4.90 Å². The summed E-state index contributed by atoms with van der Waals surface area (Å²) in [5, 5.41) is 2.19. The molecule has 1 aromatic heterocycles. The van der Waals surface area contributed by atoms with Crippen molar-refractivity contribution >= 4 is 27.0 Å². The van der Waals surface area contributed by atoms with Gasteiger partial charge in [0.1, 0.15) is 0 Å². The molecule has 0 radical (unpaired) electrons. The van der Waals surface area contributed by atoms with Gasteiger partial charge in [-0.2, -0.15) is 0 Å². The fourth-order valence-corrected chi connectivity index (χ4v) is 6.34. The predicted molar refractivity (Wildman–Crippen MR) is 113 cm³/mol. The minimum absolute atomic E-state index is 0.191. The first kappa shape index (κ1) is 19.0. The second kappa shape index (κ2) is 6.90. The predicted octanol–water partition coefficient (Wildman–Crippen LogP) is 3.88. The van der Waals surface area contributed by atoms with Crippen molar-refractivity contribution in [3.05, 3.63) is 51.7 Å². The lowest BCUT2D eigenvalue weighted by Crippen LogP contribution is -2.30. The van der Waals surface area contributed by atoms with Crippen molar-refractivity contribution < 1.29 is 8.42 Å². The molecular formula is C21H28N2O2S2. The molecule has 6 heteroatoms. The zero-order valence-electron chi connectivity index (χ0n) is 16.2. The number of piperidine rings is 1. The molecule has 1 saturated carbocycles. The largest absolute Gasteiger partial charge is 0.303 e. The molecule has 2 aliphatic rings. The molecule has 1 aliphatic carbocycles. The van der Waals surface area contributed by atoms with E-state index in [1.165, 1.54) is 41.6 Å². The lowest BCUT2D eigenvalue weighted by molar-refractivity contribution is 0.274. The standard InChI is InChI=1S/C21H28N2O2S2/c1-15-9-11-26-20(15)8-5-10-23-13-18-19(14-23)21(18,2)16-6-4-7-17(12-16)22-27(3,24)25/h4,6-7,9,11-12,18-19,22H,5,8,10,13-14H2,1-3H3. The summed E-state index contributed by atoms with van der Waals surface area (Å²) in [4.78, 5) is 4.14. The van der Waals surface area contributed by atoms with Gasteiger partial charge in [0.05, 0.1) is 6.26 Å². The summed E-state index contributed by atoms with van der Waals surface area (Å²) in [5.41, 5.74) is 3.56. The Labute approximate surface area is 166 Å². The molecule has 4 nitrogen and oxygen atoms in total. The molecule has 1 saturated heterocycles. The monoisotopic (exact) mass is 404 g/mol. The molecule has 146 valence electrons. The van der Waals surface area contributed by atoms with Crippen molar-refractivity contribution in [3.63, 3.8) is 0 Å². The fourth-order valence-electron chi connectivity index (χ4n) is 4.83. The summed E-state index contributed by atoms with van der Waals surface area (Å²) < 4.78 is 25.6. The van der Waals surface area contributed by atoms with Crippen LogP contribution in [0, 0.1) is 18.8 Å². The number of likely N-dealkylation sites (tertiary alicyclic amines) is 1. The van der Waals surface area contributed by atoms with Crippen molar-refractivity contribution in [1.29, 1.82) is 0 Å². The van der Waals surface area contributed by atoms with Crippen LogP contribution >= 0.6 is 11.3 Å². The van der Waals surface area contributed by atoms with E-state index in [4.69, 9.17) is 0 Å². The number of thiophene rings is 1. The summed E-state index contributed by atoms with van der Waals surface area (Å²) in [6, 6.07) is 10.2. The third-order valence-corrected chi connectivity index (χ3v) is 8.15. The van der Waals surface area contributed by atoms with Crippen LogP contribution in [-0.4, -0.2) is 39.2 Å². The first-order valence-corrected chi connectivity index (χ1v) is 12.4. The number of anilines is 1. The minimum atomic E-state index is -3.24. The molecule has 2 unspecified atom stereocenters. The van der Waals surface area contributed by atoms with E-state index in [-0.39, 0.29) is 5.41 Å².